The van der Waals surface area contributed by atoms with Crippen molar-refractivity contribution in [3.8, 4) is 22.3 Å². The molecule has 6 nitrogen and oxygen atoms in total. The van der Waals surface area contributed by atoms with E-state index in [1.54, 1.807) is 0 Å². The fourth-order valence-corrected chi connectivity index (χ4v) is 3.91. The molecule has 1 unspecified atom stereocenters. The van der Waals surface area contributed by atoms with E-state index >= 15 is 0 Å². The van der Waals surface area contributed by atoms with Gasteiger partial charge in [0.25, 0.3) is 0 Å². The largest absolute Gasteiger partial charge is 0.425 e. The maximum atomic E-state index is 14.5. The quantitative estimate of drug-likeness (QED) is 0.422. The maximum absolute atomic E-state index is 14.5. The molecule has 1 atom stereocenters. The number of fused-ring (bicyclic) bond motifs is 3. The van der Waals surface area contributed by atoms with Gasteiger partial charge in [0, 0.05) is 22.9 Å². The van der Waals surface area contributed by atoms with Crippen molar-refractivity contribution in [2.75, 3.05) is 13.2 Å². The number of rotatable bonds is 5. The Morgan fingerprint density at radius 1 is 1.06 bits per heavy atom. The second kappa shape index (κ2) is 6.98. The summed E-state index contributed by atoms with van der Waals surface area (Å²) in [5.41, 5.74) is -6.10. The fraction of sp³-hybridized carbons (Fsp3) is 0.238. The zero-order valence-electron chi connectivity index (χ0n) is 15.8. The Morgan fingerprint density at radius 3 is 2.35 bits per heavy atom. The highest BCUT2D eigenvalue weighted by Gasteiger charge is 2.61. The Morgan fingerprint density at radius 2 is 1.74 bits per heavy atom. The van der Waals surface area contributed by atoms with E-state index in [-0.39, 0.29) is 28.5 Å². The molecular weight excluding hydrogens is 420 g/mol. The van der Waals surface area contributed by atoms with E-state index in [1.165, 1.54) is 30.6 Å². The van der Waals surface area contributed by atoms with Crippen molar-refractivity contribution < 1.29 is 37.7 Å². The Balaban J connectivity index is 2.01. The van der Waals surface area contributed by atoms with Gasteiger partial charge in [0.15, 0.2) is 11.8 Å². The Bertz CT molecular complexity index is 1170. The molecule has 31 heavy (non-hydrogen) atoms. The highest BCUT2D eigenvalue weighted by atomic mass is 19.4. The van der Waals surface area contributed by atoms with Gasteiger partial charge >= 0.3 is 6.18 Å². The molecule has 1 aliphatic rings. The Kier molecular flexibility index (Phi) is 4.76. The number of aldehydes is 1. The standard InChI is InChI=1S/C21H16F4N2O4/c22-13-5-15(12-7-26-27(8-12)19(9-28,10-29)11-30)18-14-3-1-2-4-16(14)20(31,17(18)6-13)21(23,24)25/h1-9,29-31H,10-11H2. The molecule has 0 saturated carbocycles. The molecule has 0 spiro atoms. The summed E-state index contributed by atoms with van der Waals surface area (Å²) in [7, 11) is 0. The topological polar surface area (TPSA) is 95.6 Å². The zero-order valence-corrected chi connectivity index (χ0v) is 15.8. The minimum absolute atomic E-state index is 0.00422. The van der Waals surface area contributed by atoms with Gasteiger partial charge in [-0.25, -0.2) is 4.39 Å². The minimum Gasteiger partial charge on any atom is -0.393 e. The number of halogens is 4. The third-order valence-electron chi connectivity index (χ3n) is 5.61. The molecule has 1 aromatic heterocycles. The van der Waals surface area contributed by atoms with Gasteiger partial charge in [-0.05, 0) is 28.8 Å². The molecule has 4 rings (SSSR count). The highest BCUT2D eigenvalue weighted by molar-refractivity contribution is 5.92. The summed E-state index contributed by atoms with van der Waals surface area (Å²) in [6.07, 6.45) is -2.45. The minimum atomic E-state index is -5.12. The van der Waals surface area contributed by atoms with Crippen LogP contribution in [0.3, 0.4) is 0 Å². The lowest BCUT2D eigenvalue weighted by atomic mass is 9.89. The molecule has 2 aromatic carbocycles. The SMILES string of the molecule is O=CC(CO)(CO)n1cc(-c2cc(F)cc3c2-c2ccccc2C3(O)C(F)(F)F)cn1. The van der Waals surface area contributed by atoms with Crippen LogP contribution in [0.2, 0.25) is 0 Å². The van der Waals surface area contributed by atoms with Crippen molar-refractivity contribution in [1.29, 1.82) is 0 Å². The number of carbonyl (C=O) groups excluding carboxylic acids is 1. The third-order valence-corrected chi connectivity index (χ3v) is 5.61. The van der Waals surface area contributed by atoms with E-state index in [2.05, 4.69) is 5.10 Å². The van der Waals surface area contributed by atoms with Crippen LogP contribution in [0.15, 0.2) is 48.8 Å². The van der Waals surface area contributed by atoms with Crippen LogP contribution in [-0.4, -0.2) is 50.8 Å². The molecule has 1 aliphatic carbocycles. The van der Waals surface area contributed by atoms with Gasteiger partial charge in [0.1, 0.15) is 5.82 Å². The summed E-state index contributed by atoms with van der Waals surface area (Å²) in [4.78, 5) is 11.4. The first-order valence-corrected chi connectivity index (χ1v) is 9.09. The van der Waals surface area contributed by atoms with Gasteiger partial charge in [0.2, 0.25) is 5.60 Å². The second-order valence-corrected chi connectivity index (χ2v) is 7.34. The van der Waals surface area contributed by atoms with E-state index in [4.69, 9.17) is 0 Å². The number of nitrogens with zero attached hydrogens (tertiary/aromatic N) is 2. The Labute approximate surface area is 173 Å². The molecule has 0 amide bonds. The van der Waals surface area contributed by atoms with Crippen LogP contribution in [0.1, 0.15) is 11.1 Å². The predicted octanol–water partition coefficient (Wildman–Crippen LogP) is 2.35. The molecule has 3 aromatic rings. The molecule has 1 heterocycles. The lowest BCUT2D eigenvalue weighted by Crippen LogP contribution is -2.43. The Hall–Kier alpha value is -3.08. The number of carbonyl (C=O) groups is 1. The third kappa shape index (κ3) is 2.83. The first-order chi connectivity index (χ1) is 14.6. The van der Waals surface area contributed by atoms with Crippen molar-refractivity contribution in [1.82, 2.24) is 9.78 Å². The molecule has 10 heteroatoms. The summed E-state index contributed by atoms with van der Waals surface area (Å²) in [6.45, 7) is -1.57. The van der Waals surface area contributed by atoms with Crippen LogP contribution in [-0.2, 0) is 15.9 Å². The van der Waals surface area contributed by atoms with Crippen LogP contribution in [0.5, 0.6) is 0 Å². The molecule has 0 radical (unpaired) electrons. The van der Waals surface area contributed by atoms with Crippen LogP contribution >= 0.6 is 0 Å². The first kappa shape index (κ1) is 21.2. The van der Waals surface area contributed by atoms with E-state index < -0.39 is 47.5 Å². The van der Waals surface area contributed by atoms with Crippen LogP contribution in [0.25, 0.3) is 22.3 Å². The van der Waals surface area contributed by atoms with Crippen molar-refractivity contribution in [2.24, 2.45) is 0 Å². The van der Waals surface area contributed by atoms with E-state index in [9.17, 15) is 37.7 Å². The summed E-state index contributed by atoms with van der Waals surface area (Å²) >= 11 is 0. The summed E-state index contributed by atoms with van der Waals surface area (Å²) in [5, 5.41) is 33.7. The second-order valence-electron chi connectivity index (χ2n) is 7.34. The van der Waals surface area contributed by atoms with Gasteiger partial charge in [-0.2, -0.15) is 18.3 Å². The molecule has 0 fully saturated rings. The number of aromatic nitrogens is 2. The van der Waals surface area contributed by atoms with Crippen LogP contribution < -0.4 is 0 Å². The molecule has 162 valence electrons. The molecule has 0 aliphatic heterocycles. The van der Waals surface area contributed by atoms with Crippen LogP contribution in [0, 0.1) is 5.82 Å². The van der Waals surface area contributed by atoms with Gasteiger partial charge in [-0.3, -0.25) is 4.68 Å². The monoisotopic (exact) mass is 436 g/mol. The number of aliphatic hydroxyl groups excluding tert-OH is 2. The zero-order chi connectivity index (χ0) is 22.6. The lowest BCUT2D eigenvalue weighted by molar-refractivity contribution is -0.246. The van der Waals surface area contributed by atoms with Crippen LogP contribution in [0.4, 0.5) is 17.6 Å². The molecule has 0 saturated heterocycles. The maximum Gasteiger partial charge on any atom is 0.425 e. The highest BCUT2D eigenvalue weighted by Crippen LogP contribution is 2.57. The fourth-order valence-electron chi connectivity index (χ4n) is 3.91. The van der Waals surface area contributed by atoms with Gasteiger partial charge in [-0.15, -0.1) is 0 Å². The average molecular weight is 436 g/mol. The van der Waals surface area contributed by atoms with Crippen molar-refractivity contribution in [3.63, 3.8) is 0 Å². The first-order valence-electron chi connectivity index (χ1n) is 9.09. The molecule has 0 bridgehead atoms. The normalized spacial score (nSPS) is 18.0. The number of hydrogen-bond acceptors (Lipinski definition) is 5. The molecular formula is C21H16F4N2O4. The number of alkyl halides is 3. The molecule has 3 N–H and O–H groups in total. The van der Waals surface area contributed by atoms with E-state index in [0.717, 1.165) is 16.8 Å². The summed E-state index contributed by atoms with van der Waals surface area (Å²) in [6, 6.07) is 7.00. The van der Waals surface area contributed by atoms with Gasteiger partial charge < -0.3 is 20.1 Å². The number of benzene rings is 2. The smallest absolute Gasteiger partial charge is 0.393 e. The predicted molar refractivity (Wildman–Crippen MR) is 100 cm³/mol. The van der Waals surface area contributed by atoms with E-state index in [0.29, 0.717) is 6.07 Å². The summed E-state index contributed by atoms with van der Waals surface area (Å²) in [5.74, 6) is -1.01. The lowest BCUT2D eigenvalue weighted by Gasteiger charge is -2.28. The van der Waals surface area contributed by atoms with Crippen molar-refractivity contribution >= 4 is 6.29 Å². The number of hydrogen-bond donors (Lipinski definition) is 3. The van der Waals surface area contributed by atoms with Gasteiger partial charge in [0.05, 0.1) is 19.4 Å². The number of aliphatic hydroxyl groups is 3. The van der Waals surface area contributed by atoms with E-state index in [1.807, 2.05) is 0 Å². The van der Waals surface area contributed by atoms with Crippen molar-refractivity contribution in [3.05, 3.63) is 65.7 Å². The average Bonchev–Trinajstić information content (AvgIpc) is 3.33. The summed E-state index contributed by atoms with van der Waals surface area (Å²) < 4.78 is 57.4. The van der Waals surface area contributed by atoms with Gasteiger partial charge in [-0.1, -0.05) is 24.3 Å². The van der Waals surface area contributed by atoms with Crippen molar-refractivity contribution in [2.45, 2.75) is 17.3 Å².